The Hall–Kier alpha value is -0.830. The predicted octanol–water partition coefficient (Wildman–Crippen LogP) is 3.09. The molecule has 1 heterocycles. The molecule has 0 saturated heterocycles. The summed E-state index contributed by atoms with van der Waals surface area (Å²) in [5.74, 6) is 0. The molecule has 2 unspecified atom stereocenters. The smallest absolute Gasteiger partial charge is 0.0678 e. The fraction of sp³-hybridized carbons (Fsp3) is 0.800. The van der Waals surface area contributed by atoms with E-state index < -0.39 is 0 Å². The standard InChI is InChI=1S/C15H27N3/c1-5-11-10-12(6-2)18(17-11)13-8-7-9-15(3,4)14(13)16/h10,13-14H,5-9,16H2,1-4H3. The van der Waals surface area contributed by atoms with Gasteiger partial charge in [-0.2, -0.15) is 5.10 Å². The molecule has 3 nitrogen and oxygen atoms in total. The molecular formula is C15H27N3. The summed E-state index contributed by atoms with van der Waals surface area (Å²) in [6.45, 7) is 8.95. The van der Waals surface area contributed by atoms with Crippen LogP contribution in [0.25, 0.3) is 0 Å². The maximum Gasteiger partial charge on any atom is 0.0678 e. The summed E-state index contributed by atoms with van der Waals surface area (Å²) in [5, 5.41) is 4.78. The molecule has 1 saturated carbocycles. The lowest BCUT2D eigenvalue weighted by Gasteiger charge is -2.42. The van der Waals surface area contributed by atoms with Crippen molar-refractivity contribution in [1.29, 1.82) is 0 Å². The van der Waals surface area contributed by atoms with Gasteiger partial charge in [0.05, 0.1) is 11.7 Å². The van der Waals surface area contributed by atoms with E-state index in [1.54, 1.807) is 0 Å². The van der Waals surface area contributed by atoms with Gasteiger partial charge in [0.15, 0.2) is 0 Å². The maximum atomic E-state index is 6.50. The zero-order valence-corrected chi connectivity index (χ0v) is 12.2. The van der Waals surface area contributed by atoms with Crippen LogP contribution >= 0.6 is 0 Å². The Labute approximate surface area is 111 Å². The van der Waals surface area contributed by atoms with Crippen LogP contribution in [-0.2, 0) is 12.8 Å². The first-order valence-corrected chi connectivity index (χ1v) is 7.32. The van der Waals surface area contributed by atoms with Crippen LogP contribution in [0.3, 0.4) is 0 Å². The Morgan fingerprint density at radius 3 is 2.72 bits per heavy atom. The molecule has 1 aliphatic rings. The van der Waals surface area contributed by atoms with Gasteiger partial charge in [-0.15, -0.1) is 0 Å². The molecule has 102 valence electrons. The van der Waals surface area contributed by atoms with Crippen molar-refractivity contribution < 1.29 is 0 Å². The lowest BCUT2D eigenvalue weighted by Crippen LogP contribution is -2.47. The fourth-order valence-corrected chi connectivity index (χ4v) is 3.12. The lowest BCUT2D eigenvalue weighted by atomic mass is 9.71. The monoisotopic (exact) mass is 249 g/mol. The normalized spacial score (nSPS) is 27.4. The molecule has 3 heteroatoms. The molecular weight excluding hydrogens is 222 g/mol. The molecule has 0 aliphatic heterocycles. The van der Waals surface area contributed by atoms with E-state index in [1.807, 2.05) is 0 Å². The number of hydrogen-bond donors (Lipinski definition) is 1. The van der Waals surface area contributed by atoms with E-state index in [4.69, 9.17) is 10.8 Å². The Morgan fingerprint density at radius 2 is 2.11 bits per heavy atom. The number of aryl methyl sites for hydroxylation is 2. The topological polar surface area (TPSA) is 43.8 Å². The third kappa shape index (κ3) is 2.33. The van der Waals surface area contributed by atoms with Crippen molar-refractivity contribution >= 4 is 0 Å². The van der Waals surface area contributed by atoms with Crippen LogP contribution in [-0.4, -0.2) is 15.8 Å². The van der Waals surface area contributed by atoms with E-state index >= 15 is 0 Å². The van der Waals surface area contributed by atoms with Crippen molar-refractivity contribution in [2.24, 2.45) is 11.1 Å². The molecule has 1 fully saturated rings. The molecule has 0 radical (unpaired) electrons. The first kappa shape index (κ1) is 13.6. The lowest BCUT2D eigenvalue weighted by molar-refractivity contribution is 0.133. The van der Waals surface area contributed by atoms with E-state index in [0.29, 0.717) is 6.04 Å². The quantitative estimate of drug-likeness (QED) is 0.894. The summed E-state index contributed by atoms with van der Waals surface area (Å²) in [6, 6.07) is 2.83. The van der Waals surface area contributed by atoms with Gasteiger partial charge in [-0.05, 0) is 37.2 Å². The number of rotatable bonds is 3. The fourth-order valence-electron chi connectivity index (χ4n) is 3.12. The summed E-state index contributed by atoms with van der Waals surface area (Å²) in [4.78, 5) is 0. The number of nitrogens with two attached hydrogens (primary N) is 1. The minimum Gasteiger partial charge on any atom is -0.325 e. The van der Waals surface area contributed by atoms with Gasteiger partial charge in [0, 0.05) is 11.7 Å². The SMILES string of the molecule is CCc1cc(CC)n(C2CCCC(C)(C)C2N)n1. The van der Waals surface area contributed by atoms with Crippen LogP contribution in [0.1, 0.15) is 64.4 Å². The van der Waals surface area contributed by atoms with E-state index in [2.05, 4.69) is 38.4 Å². The van der Waals surface area contributed by atoms with Gasteiger partial charge in [-0.1, -0.05) is 34.1 Å². The molecule has 0 amide bonds. The second kappa shape index (κ2) is 5.04. The highest BCUT2D eigenvalue weighted by Crippen LogP contribution is 2.40. The molecule has 0 spiro atoms. The van der Waals surface area contributed by atoms with Gasteiger partial charge in [-0.25, -0.2) is 0 Å². The van der Waals surface area contributed by atoms with E-state index in [9.17, 15) is 0 Å². The zero-order chi connectivity index (χ0) is 13.3. The molecule has 2 rings (SSSR count). The first-order valence-electron chi connectivity index (χ1n) is 7.32. The van der Waals surface area contributed by atoms with Crippen LogP contribution in [0.5, 0.6) is 0 Å². The second-order valence-electron chi connectivity index (χ2n) is 6.25. The second-order valence-corrected chi connectivity index (χ2v) is 6.25. The van der Waals surface area contributed by atoms with Crippen molar-refractivity contribution in [3.8, 4) is 0 Å². The average Bonchev–Trinajstić information content (AvgIpc) is 2.75. The van der Waals surface area contributed by atoms with Crippen LogP contribution in [0.2, 0.25) is 0 Å². The Morgan fingerprint density at radius 1 is 1.39 bits per heavy atom. The third-order valence-corrected chi connectivity index (χ3v) is 4.54. The number of nitrogens with zero attached hydrogens (tertiary/aromatic N) is 2. The number of hydrogen-bond acceptors (Lipinski definition) is 2. The van der Waals surface area contributed by atoms with Crippen molar-refractivity contribution in [1.82, 2.24) is 9.78 Å². The van der Waals surface area contributed by atoms with Gasteiger partial charge in [-0.3, -0.25) is 4.68 Å². The largest absolute Gasteiger partial charge is 0.325 e. The summed E-state index contributed by atoms with van der Waals surface area (Å²) < 4.78 is 2.23. The molecule has 0 bridgehead atoms. The molecule has 1 aliphatic carbocycles. The summed E-state index contributed by atoms with van der Waals surface area (Å²) >= 11 is 0. The maximum absolute atomic E-state index is 6.50. The van der Waals surface area contributed by atoms with Crippen molar-refractivity contribution in [3.63, 3.8) is 0 Å². The van der Waals surface area contributed by atoms with Crippen LogP contribution in [0.4, 0.5) is 0 Å². The molecule has 2 N–H and O–H groups in total. The third-order valence-electron chi connectivity index (χ3n) is 4.54. The van der Waals surface area contributed by atoms with Crippen LogP contribution < -0.4 is 5.73 Å². The van der Waals surface area contributed by atoms with Crippen LogP contribution in [0, 0.1) is 5.41 Å². The molecule has 1 aromatic rings. The highest BCUT2D eigenvalue weighted by atomic mass is 15.3. The number of aromatic nitrogens is 2. The summed E-state index contributed by atoms with van der Waals surface area (Å²) in [6.07, 6.45) is 5.70. The van der Waals surface area contributed by atoms with Crippen molar-refractivity contribution in [3.05, 3.63) is 17.5 Å². The molecule has 0 aromatic carbocycles. The van der Waals surface area contributed by atoms with E-state index in [-0.39, 0.29) is 11.5 Å². The predicted molar refractivity (Wildman–Crippen MR) is 75.6 cm³/mol. The highest BCUT2D eigenvalue weighted by Gasteiger charge is 2.38. The van der Waals surface area contributed by atoms with Crippen molar-refractivity contribution in [2.45, 2.75) is 71.9 Å². The zero-order valence-electron chi connectivity index (χ0n) is 12.2. The van der Waals surface area contributed by atoms with E-state index in [1.165, 1.54) is 30.7 Å². The van der Waals surface area contributed by atoms with E-state index in [0.717, 1.165) is 12.8 Å². The molecule has 18 heavy (non-hydrogen) atoms. The van der Waals surface area contributed by atoms with Gasteiger partial charge >= 0.3 is 0 Å². The minimum atomic E-state index is 0.209. The van der Waals surface area contributed by atoms with Gasteiger partial charge < -0.3 is 5.73 Å². The molecule has 1 aromatic heterocycles. The Bertz CT molecular complexity index is 406. The van der Waals surface area contributed by atoms with Gasteiger partial charge in [0.25, 0.3) is 0 Å². The Balaban J connectivity index is 2.32. The summed E-state index contributed by atoms with van der Waals surface area (Å²) in [5.41, 5.74) is 9.27. The van der Waals surface area contributed by atoms with Gasteiger partial charge in [0.1, 0.15) is 0 Å². The molecule has 2 atom stereocenters. The first-order chi connectivity index (χ1) is 8.49. The van der Waals surface area contributed by atoms with Crippen LogP contribution in [0.15, 0.2) is 6.07 Å². The average molecular weight is 249 g/mol. The minimum absolute atomic E-state index is 0.209. The van der Waals surface area contributed by atoms with Crippen molar-refractivity contribution in [2.75, 3.05) is 0 Å². The van der Waals surface area contributed by atoms with Gasteiger partial charge in [0.2, 0.25) is 0 Å². The Kier molecular flexibility index (Phi) is 3.81. The summed E-state index contributed by atoms with van der Waals surface area (Å²) in [7, 11) is 0. The highest BCUT2D eigenvalue weighted by molar-refractivity contribution is 5.12.